The number of anilines is 1. The molecule has 0 fully saturated rings. The molecule has 86 valence electrons. The highest BCUT2D eigenvalue weighted by molar-refractivity contribution is 5.97. The summed E-state index contributed by atoms with van der Waals surface area (Å²) in [6.45, 7) is 3.86. The van der Waals surface area contributed by atoms with Crippen molar-refractivity contribution in [2.75, 3.05) is 19.3 Å². The number of nitrogens with zero attached hydrogens (tertiary/aromatic N) is 3. The zero-order valence-corrected chi connectivity index (χ0v) is 9.61. The molecule has 1 unspecified atom stereocenters. The molecule has 1 aromatic rings. The molecule has 3 N–H and O–H groups in total. The molecule has 6 nitrogen and oxygen atoms in total. The maximum absolute atomic E-state index is 11.9. The third kappa shape index (κ3) is 2.31. The quantitative estimate of drug-likeness (QED) is 0.777. The van der Waals surface area contributed by atoms with Gasteiger partial charge in [-0.15, -0.1) is 0 Å². The molecular formula is C10H15N5O. The van der Waals surface area contributed by atoms with Gasteiger partial charge in [0, 0.05) is 13.6 Å². The fourth-order valence-corrected chi connectivity index (χ4v) is 1.32. The van der Waals surface area contributed by atoms with E-state index >= 15 is 0 Å². The number of nitrogen functional groups attached to an aromatic ring is 1. The van der Waals surface area contributed by atoms with Gasteiger partial charge in [0.2, 0.25) is 0 Å². The highest BCUT2D eigenvalue weighted by atomic mass is 16.2. The highest BCUT2D eigenvalue weighted by Gasteiger charge is 2.20. The van der Waals surface area contributed by atoms with Crippen LogP contribution in [-0.2, 0) is 0 Å². The van der Waals surface area contributed by atoms with Crippen LogP contribution >= 0.6 is 0 Å². The van der Waals surface area contributed by atoms with E-state index in [2.05, 4.69) is 16.3 Å². The summed E-state index contributed by atoms with van der Waals surface area (Å²) < 4.78 is 0. The van der Waals surface area contributed by atoms with Crippen LogP contribution in [0.25, 0.3) is 0 Å². The first-order valence-electron chi connectivity index (χ1n) is 4.92. The molecular weight excluding hydrogens is 206 g/mol. The zero-order valence-electron chi connectivity index (χ0n) is 9.61. The van der Waals surface area contributed by atoms with E-state index in [9.17, 15) is 4.79 Å². The summed E-state index contributed by atoms with van der Waals surface area (Å²) in [6, 6.07) is 2.07. The van der Waals surface area contributed by atoms with Crippen LogP contribution in [0.1, 0.15) is 23.1 Å². The molecule has 1 heterocycles. The summed E-state index contributed by atoms with van der Waals surface area (Å²) in [5.41, 5.74) is 6.95. The van der Waals surface area contributed by atoms with E-state index in [-0.39, 0.29) is 17.5 Å². The minimum absolute atomic E-state index is 0.213. The van der Waals surface area contributed by atoms with Crippen LogP contribution in [0.3, 0.4) is 0 Å². The number of hydrogen-bond donors (Lipinski definition) is 2. The summed E-state index contributed by atoms with van der Waals surface area (Å²) >= 11 is 0. The predicted molar refractivity (Wildman–Crippen MR) is 59.5 cm³/mol. The van der Waals surface area contributed by atoms with Crippen molar-refractivity contribution >= 4 is 11.6 Å². The fourth-order valence-electron chi connectivity index (χ4n) is 1.32. The number of H-pyrrole nitrogens is 1. The Morgan fingerprint density at radius 1 is 1.75 bits per heavy atom. The van der Waals surface area contributed by atoms with Crippen molar-refractivity contribution in [2.45, 2.75) is 13.8 Å². The predicted octanol–water partition coefficient (Wildman–Crippen LogP) is 0.532. The molecule has 0 saturated heterocycles. The lowest BCUT2D eigenvalue weighted by atomic mass is 10.2. The lowest BCUT2D eigenvalue weighted by molar-refractivity contribution is 0.0780. The van der Waals surface area contributed by atoms with Crippen molar-refractivity contribution in [3.63, 3.8) is 0 Å². The van der Waals surface area contributed by atoms with Crippen LogP contribution < -0.4 is 5.73 Å². The van der Waals surface area contributed by atoms with Crippen molar-refractivity contribution in [3.05, 3.63) is 11.4 Å². The summed E-state index contributed by atoms with van der Waals surface area (Å²) in [5, 5.41) is 15.2. The minimum Gasteiger partial charge on any atom is -0.395 e. The summed E-state index contributed by atoms with van der Waals surface area (Å²) in [5.74, 6) is -0.487. The second-order valence-corrected chi connectivity index (χ2v) is 3.83. The van der Waals surface area contributed by atoms with Gasteiger partial charge in [-0.25, -0.2) is 0 Å². The molecule has 1 atom stereocenters. The van der Waals surface area contributed by atoms with E-state index in [0.717, 1.165) is 0 Å². The molecule has 0 saturated carbocycles. The van der Waals surface area contributed by atoms with Crippen LogP contribution in [0.2, 0.25) is 0 Å². The molecule has 0 aromatic carbocycles. The van der Waals surface area contributed by atoms with Crippen LogP contribution in [0.15, 0.2) is 0 Å². The number of nitrogens with two attached hydrogens (primary N) is 1. The Morgan fingerprint density at radius 2 is 2.38 bits per heavy atom. The van der Waals surface area contributed by atoms with E-state index in [1.807, 2.05) is 0 Å². The standard InChI is InChI=1S/C10H15N5O/c1-6(4-11)5-15(3)10(16)9-8(12)7(2)13-14-9/h6H,5,12H2,1-3H3,(H,13,14). The van der Waals surface area contributed by atoms with Gasteiger partial charge in [0.1, 0.15) is 0 Å². The lowest BCUT2D eigenvalue weighted by Crippen LogP contribution is -2.31. The molecule has 0 aliphatic carbocycles. The zero-order chi connectivity index (χ0) is 12.3. The fraction of sp³-hybridized carbons (Fsp3) is 0.500. The highest BCUT2D eigenvalue weighted by Crippen LogP contribution is 2.14. The Morgan fingerprint density at radius 3 is 2.81 bits per heavy atom. The smallest absolute Gasteiger partial charge is 0.276 e. The van der Waals surface area contributed by atoms with Crippen LogP contribution in [-0.4, -0.2) is 34.6 Å². The Balaban J connectivity index is 2.79. The Hall–Kier alpha value is -2.03. The van der Waals surface area contributed by atoms with Gasteiger partial charge in [-0.3, -0.25) is 9.89 Å². The largest absolute Gasteiger partial charge is 0.395 e. The summed E-state index contributed by atoms with van der Waals surface area (Å²) in [6.07, 6.45) is 0. The minimum atomic E-state index is -0.274. The monoisotopic (exact) mass is 221 g/mol. The normalized spacial score (nSPS) is 11.9. The van der Waals surface area contributed by atoms with E-state index in [1.165, 1.54) is 4.90 Å². The molecule has 0 spiro atoms. The number of hydrogen-bond acceptors (Lipinski definition) is 4. The van der Waals surface area contributed by atoms with E-state index in [0.29, 0.717) is 17.9 Å². The van der Waals surface area contributed by atoms with E-state index < -0.39 is 0 Å². The van der Waals surface area contributed by atoms with Crippen molar-refractivity contribution in [1.29, 1.82) is 5.26 Å². The number of carbonyl (C=O) groups is 1. The first kappa shape index (κ1) is 12.0. The van der Waals surface area contributed by atoms with Gasteiger partial charge in [0.25, 0.3) is 5.91 Å². The van der Waals surface area contributed by atoms with Crippen molar-refractivity contribution < 1.29 is 4.79 Å². The van der Waals surface area contributed by atoms with E-state index in [4.69, 9.17) is 11.0 Å². The first-order chi connectivity index (χ1) is 7.47. The van der Waals surface area contributed by atoms with Gasteiger partial charge in [-0.1, -0.05) is 0 Å². The van der Waals surface area contributed by atoms with Gasteiger partial charge < -0.3 is 10.6 Å². The SMILES string of the molecule is Cc1[nH]nc(C(=O)N(C)CC(C)C#N)c1N. The van der Waals surface area contributed by atoms with Crippen molar-refractivity contribution in [2.24, 2.45) is 5.92 Å². The molecule has 0 aliphatic rings. The summed E-state index contributed by atoms with van der Waals surface area (Å²) in [4.78, 5) is 13.3. The van der Waals surface area contributed by atoms with Gasteiger partial charge in [0.05, 0.1) is 23.4 Å². The number of nitriles is 1. The molecule has 0 aliphatic heterocycles. The van der Waals surface area contributed by atoms with Gasteiger partial charge in [-0.2, -0.15) is 10.4 Å². The number of aromatic nitrogens is 2. The van der Waals surface area contributed by atoms with E-state index in [1.54, 1.807) is 20.9 Å². The number of amides is 1. The molecule has 0 radical (unpaired) electrons. The molecule has 1 rings (SSSR count). The van der Waals surface area contributed by atoms with Crippen LogP contribution in [0.4, 0.5) is 5.69 Å². The molecule has 1 aromatic heterocycles. The Kier molecular flexibility index (Phi) is 3.51. The third-order valence-electron chi connectivity index (χ3n) is 2.31. The second-order valence-electron chi connectivity index (χ2n) is 3.83. The van der Waals surface area contributed by atoms with Crippen LogP contribution in [0.5, 0.6) is 0 Å². The summed E-state index contributed by atoms with van der Waals surface area (Å²) in [7, 11) is 1.62. The number of rotatable bonds is 3. The first-order valence-corrected chi connectivity index (χ1v) is 4.92. The maximum atomic E-state index is 11.9. The number of nitrogens with one attached hydrogen (secondary N) is 1. The molecule has 1 amide bonds. The third-order valence-corrected chi connectivity index (χ3v) is 2.31. The average Bonchev–Trinajstić information content (AvgIpc) is 2.58. The van der Waals surface area contributed by atoms with Gasteiger partial charge in [0.15, 0.2) is 5.69 Å². The molecule has 6 heteroatoms. The van der Waals surface area contributed by atoms with Crippen molar-refractivity contribution in [3.8, 4) is 6.07 Å². The Bertz CT molecular complexity index is 431. The van der Waals surface area contributed by atoms with Gasteiger partial charge >= 0.3 is 0 Å². The number of carbonyl (C=O) groups excluding carboxylic acids is 1. The topological polar surface area (TPSA) is 98.8 Å². The van der Waals surface area contributed by atoms with Crippen molar-refractivity contribution in [1.82, 2.24) is 15.1 Å². The second kappa shape index (κ2) is 4.66. The van der Waals surface area contributed by atoms with Crippen LogP contribution in [0, 0.1) is 24.2 Å². The molecule has 16 heavy (non-hydrogen) atoms. The number of aryl methyl sites for hydroxylation is 1. The average molecular weight is 221 g/mol. The lowest BCUT2D eigenvalue weighted by Gasteiger charge is -2.17. The maximum Gasteiger partial charge on any atom is 0.276 e. The molecule has 0 bridgehead atoms. The Labute approximate surface area is 94.0 Å². The van der Waals surface area contributed by atoms with Gasteiger partial charge in [-0.05, 0) is 13.8 Å². The number of aromatic amines is 1.